The number of nitrogens with one attached hydrogen (secondary N) is 1. The van der Waals surface area contributed by atoms with Crippen LogP contribution in [0.3, 0.4) is 0 Å². The number of nitrogens with zero attached hydrogens (tertiary/aromatic N) is 1. The van der Waals surface area contributed by atoms with E-state index in [2.05, 4.69) is 16.3 Å². The molecule has 1 atom stereocenters. The second-order valence-electron chi connectivity index (χ2n) is 5.87. The van der Waals surface area contributed by atoms with Crippen molar-refractivity contribution < 1.29 is 5.11 Å². The molecule has 1 saturated carbocycles. The molecule has 21 heavy (non-hydrogen) atoms. The Balaban J connectivity index is 0.00000110. The summed E-state index contributed by atoms with van der Waals surface area (Å²) in [5.41, 5.74) is 1.30. The normalized spacial score (nSPS) is 21.3. The van der Waals surface area contributed by atoms with Gasteiger partial charge in [-0.25, -0.2) is 0 Å². The first kappa shape index (κ1) is 18.6. The van der Waals surface area contributed by atoms with Crippen LogP contribution in [0, 0.1) is 5.92 Å². The molecule has 1 aliphatic heterocycles. The van der Waals surface area contributed by atoms with Crippen LogP contribution in [-0.2, 0) is 0 Å². The van der Waals surface area contributed by atoms with Crippen LogP contribution in [0.5, 0.6) is 5.75 Å². The Hall–Kier alpha value is -0.480. The van der Waals surface area contributed by atoms with Crippen molar-refractivity contribution in [3.63, 3.8) is 0 Å². The minimum absolute atomic E-state index is 0. The SMILES string of the molecule is Cl.Cl.Oc1cccc([C@@H](C2CCCC2)N2CCNCC2)c1. The maximum atomic E-state index is 9.77. The van der Waals surface area contributed by atoms with E-state index in [0.29, 0.717) is 11.8 Å². The van der Waals surface area contributed by atoms with E-state index in [9.17, 15) is 5.11 Å². The van der Waals surface area contributed by atoms with Gasteiger partial charge in [-0.3, -0.25) is 4.90 Å². The summed E-state index contributed by atoms with van der Waals surface area (Å²) in [6.07, 6.45) is 5.41. The van der Waals surface area contributed by atoms with Crippen LogP contribution in [0.2, 0.25) is 0 Å². The lowest BCUT2D eigenvalue weighted by atomic mass is 9.89. The number of rotatable bonds is 3. The Morgan fingerprint density at radius 2 is 1.76 bits per heavy atom. The zero-order valence-electron chi connectivity index (χ0n) is 12.3. The lowest BCUT2D eigenvalue weighted by molar-refractivity contribution is 0.125. The van der Waals surface area contributed by atoms with Crippen molar-refractivity contribution in [2.24, 2.45) is 5.92 Å². The van der Waals surface area contributed by atoms with Crippen molar-refractivity contribution in [1.29, 1.82) is 0 Å². The fraction of sp³-hybridized carbons (Fsp3) is 0.625. The van der Waals surface area contributed by atoms with Crippen LogP contribution in [0.4, 0.5) is 0 Å². The van der Waals surface area contributed by atoms with Crippen LogP contribution in [0.15, 0.2) is 24.3 Å². The Bertz CT molecular complexity index is 418. The number of phenols is 1. The van der Waals surface area contributed by atoms with E-state index >= 15 is 0 Å². The van der Waals surface area contributed by atoms with Crippen molar-refractivity contribution in [3.8, 4) is 5.75 Å². The Morgan fingerprint density at radius 1 is 1.10 bits per heavy atom. The molecule has 3 nitrogen and oxygen atoms in total. The minimum atomic E-state index is 0. The van der Waals surface area contributed by atoms with Gasteiger partial charge in [0.1, 0.15) is 5.75 Å². The van der Waals surface area contributed by atoms with Gasteiger partial charge in [-0.1, -0.05) is 25.0 Å². The minimum Gasteiger partial charge on any atom is -0.508 e. The second-order valence-corrected chi connectivity index (χ2v) is 5.87. The molecule has 1 saturated heterocycles. The van der Waals surface area contributed by atoms with E-state index in [4.69, 9.17) is 0 Å². The van der Waals surface area contributed by atoms with E-state index in [1.807, 2.05) is 12.1 Å². The largest absolute Gasteiger partial charge is 0.508 e. The van der Waals surface area contributed by atoms with Crippen LogP contribution in [0.1, 0.15) is 37.3 Å². The number of halogens is 2. The molecule has 120 valence electrons. The summed E-state index contributed by atoms with van der Waals surface area (Å²) in [4.78, 5) is 2.61. The van der Waals surface area contributed by atoms with Crippen molar-refractivity contribution >= 4 is 24.8 Å². The van der Waals surface area contributed by atoms with Crippen molar-refractivity contribution in [2.75, 3.05) is 26.2 Å². The number of phenolic OH excluding ortho intramolecular Hbond substituents is 1. The lowest BCUT2D eigenvalue weighted by Gasteiger charge is -2.38. The molecule has 5 heteroatoms. The Labute approximate surface area is 139 Å². The van der Waals surface area contributed by atoms with Gasteiger partial charge in [0.25, 0.3) is 0 Å². The molecule has 0 spiro atoms. The quantitative estimate of drug-likeness (QED) is 0.890. The maximum Gasteiger partial charge on any atom is 0.115 e. The third-order valence-electron chi connectivity index (χ3n) is 4.60. The summed E-state index contributed by atoms with van der Waals surface area (Å²) in [6.45, 7) is 4.41. The maximum absolute atomic E-state index is 9.77. The highest BCUT2D eigenvalue weighted by molar-refractivity contribution is 5.85. The van der Waals surface area contributed by atoms with Gasteiger partial charge in [0.05, 0.1) is 0 Å². The first-order chi connectivity index (χ1) is 9.34. The van der Waals surface area contributed by atoms with Crippen LogP contribution < -0.4 is 5.32 Å². The highest BCUT2D eigenvalue weighted by Crippen LogP contribution is 2.40. The first-order valence-corrected chi connectivity index (χ1v) is 7.58. The molecule has 0 radical (unpaired) electrons. The number of benzene rings is 1. The predicted octanol–water partition coefficient (Wildman–Crippen LogP) is 3.37. The summed E-state index contributed by atoms with van der Waals surface area (Å²) < 4.78 is 0. The van der Waals surface area contributed by atoms with E-state index < -0.39 is 0 Å². The van der Waals surface area contributed by atoms with Crippen LogP contribution in [-0.4, -0.2) is 36.2 Å². The predicted molar refractivity (Wildman–Crippen MR) is 91.7 cm³/mol. The molecule has 2 N–H and O–H groups in total. The molecule has 1 aliphatic carbocycles. The van der Waals surface area contributed by atoms with Gasteiger partial charge in [0, 0.05) is 32.2 Å². The van der Waals surface area contributed by atoms with E-state index in [1.165, 1.54) is 31.2 Å². The topological polar surface area (TPSA) is 35.5 Å². The average Bonchev–Trinajstić information content (AvgIpc) is 2.94. The smallest absolute Gasteiger partial charge is 0.115 e. The third kappa shape index (κ3) is 4.49. The molecular weight excluding hydrogens is 307 g/mol. The van der Waals surface area contributed by atoms with Crippen molar-refractivity contribution in [1.82, 2.24) is 10.2 Å². The van der Waals surface area contributed by atoms with E-state index in [0.717, 1.165) is 32.1 Å². The van der Waals surface area contributed by atoms with E-state index in [1.54, 1.807) is 6.07 Å². The van der Waals surface area contributed by atoms with Gasteiger partial charge in [0.15, 0.2) is 0 Å². The number of aromatic hydroxyl groups is 1. The lowest BCUT2D eigenvalue weighted by Crippen LogP contribution is -2.46. The summed E-state index contributed by atoms with van der Waals surface area (Å²) in [6, 6.07) is 8.40. The molecule has 1 aromatic carbocycles. The van der Waals surface area contributed by atoms with Crippen LogP contribution in [0.25, 0.3) is 0 Å². The fourth-order valence-electron chi connectivity index (χ4n) is 3.72. The number of hydrogen-bond acceptors (Lipinski definition) is 3. The number of hydrogen-bond donors (Lipinski definition) is 2. The summed E-state index contributed by atoms with van der Waals surface area (Å²) in [5, 5.41) is 13.2. The molecule has 0 bridgehead atoms. The van der Waals surface area contributed by atoms with Crippen LogP contribution >= 0.6 is 24.8 Å². The van der Waals surface area contributed by atoms with Crippen molar-refractivity contribution in [3.05, 3.63) is 29.8 Å². The zero-order chi connectivity index (χ0) is 13.1. The fourth-order valence-corrected chi connectivity index (χ4v) is 3.72. The summed E-state index contributed by atoms with van der Waals surface area (Å²) >= 11 is 0. The van der Waals surface area contributed by atoms with Gasteiger partial charge in [-0.15, -0.1) is 24.8 Å². The van der Waals surface area contributed by atoms with Gasteiger partial charge >= 0.3 is 0 Å². The van der Waals surface area contributed by atoms with Gasteiger partial charge in [-0.05, 0) is 36.5 Å². The molecular formula is C16H26Cl2N2O. The van der Waals surface area contributed by atoms with Gasteiger partial charge in [-0.2, -0.15) is 0 Å². The zero-order valence-corrected chi connectivity index (χ0v) is 14.0. The molecule has 0 unspecified atom stereocenters. The van der Waals surface area contributed by atoms with Gasteiger partial charge in [0.2, 0.25) is 0 Å². The molecule has 0 amide bonds. The summed E-state index contributed by atoms with van der Waals surface area (Å²) in [5.74, 6) is 1.16. The number of piperazine rings is 1. The molecule has 1 heterocycles. The molecule has 2 fully saturated rings. The monoisotopic (exact) mass is 332 g/mol. The Morgan fingerprint density at radius 3 is 2.38 bits per heavy atom. The average molecular weight is 333 g/mol. The molecule has 1 aromatic rings. The highest BCUT2D eigenvalue weighted by Gasteiger charge is 2.31. The standard InChI is InChI=1S/C16H24N2O.2ClH/c19-15-7-3-6-14(12-15)16(13-4-1-2-5-13)18-10-8-17-9-11-18;;/h3,6-7,12-13,16-17,19H,1-2,4-5,8-11H2;2*1H/t16-;;/m1../s1. The third-order valence-corrected chi connectivity index (χ3v) is 4.60. The molecule has 2 aliphatic rings. The summed E-state index contributed by atoms with van der Waals surface area (Å²) in [7, 11) is 0. The first-order valence-electron chi connectivity index (χ1n) is 7.58. The molecule has 0 aromatic heterocycles. The Kier molecular flexibility index (Phi) is 7.82. The highest BCUT2D eigenvalue weighted by atomic mass is 35.5. The van der Waals surface area contributed by atoms with E-state index in [-0.39, 0.29) is 24.8 Å². The second kappa shape index (κ2) is 8.84. The van der Waals surface area contributed by atoms with Gasteiger partial charge < -0.3 is 10.4 Å². The van der Waals surface area contributed by atoms with Crippen molar-refractivity contribution in [2.45, 2.75) is 31.7 Å². The molecule has 3 rings (SSSR count).